The molecule has 3 aliphatic heterocycles. The quantitative estimate of drug-likeness (QED) is 0.653. The molecule has 0 unspecified atom stereocenters. The normalized spacial score (nSPS) is 20.9. The van der Waals surface area contributed by atoms with Gasteiger partial charge in [0.25, 0.3) is 0 Å². The molecule has 1 aromatic carbocycles. The van der Waals surface area contributed by atoms with Crippen LogP contribution in [-0.2, 0) is 19.1 Å². The summed E-state index contributed by atoms with van der Waals surface area (Å²) in [6.07, 6.45) is 0.872. The molecule has 1 atom stereocenters. The summed E-state index contributed by atoms with van der Waals surface area (Å²) in [7, 11) is 1.40. The van der Waals surface area contributed by atoms with E-state index in [1.807, 2.05) is 53.3 Å². The molecule has 3 aliphatic rings. The Balaban J connectivity index is 1.73. The SMILES string of the molecule is CCC1=C(C(=O)OC)[C@H](c2ccccc2C)N2C(CC(=O)N3CCOCC3)=CSC2=N1. The average molecular weight is 442 g/mol. The van der Waals surface area contributed by atoms with Crippen molar-refractivity contribution in [1.82, 2.24) is 9.80 Å². The summed E-state index contributed by atoms with van der Waals surface area (Å²) in [5.74, 6) is -0.325. The lowest BCUT2D eigenvalue weighted by Crippen LogP contribution is -2.42. The molecule has 1 aromatic rings. The fourth-order valence-corrected chi connectivity index (χ4v) is 5.12. The smallest absolute Gasteiger partial charge is 0.338 e. The van der Waals surface area contributed by atoms with Crippen molar-refractivity contribution in [2.24, 2.45) is 4.99 Å². The number of thioether (sulfide) groups is 1. The van der Waals surface area contributed by atoms with Gasteiger partial charge in [-0.1, -0.05) is 43.0 Å². The number of esters is 1. The highest BCUT2D eigenvalue weighted by Gasteiger charge is 2.42. The van der Waals surface area contributed by atoms with Gasteiger partial charge in [-0.3, -0.25) is 4.79 Å². The first-order valence-electron chi connectivity index (χ1n) is 10.5. The lowest BCUT2D eigenvalue weighted by molar-refractivity contribution is -0.136. The van der Waals surface area contributed by atoms with Gasteiger partial charge in [0.05, 0.1) is 44.1 Å². The highest BCUT2D eigenvalue weighted by molar-refractivity contribution is 8.16. The summed E-state index contributed by atoms with van der Waals surface area (Å²) >= 11 is 1.50. The van der Waals surface area contributed by atoms with Gasteiger partial charge in [0.2, 0.25) is 5.91 Å². The maximum atomic E-state index is 13.0. The number of rotatable bonds is 5. The molecule has 0 saturated carbocycles. The fraction of sp³-hybridized carbons (Fsp3) is 0.435. The molecule has 8 heteroatoms. The number of methoxy groups -OCH3 is 1. The van der Waals surface area contributed by atoms with Crippen molar-refractivity contribution in [1.29, 1.82) is 0 Å². The van der Waals surface area contributed by atoms with E-state index in [1.165, 1.54) is 18.9 Å². The van der Waals surface area contributed by atoms with Crippen LogP contribution in [0.15, 0.2) is 51.6 Å². The van der Waals surface area contributed by atoms with Crippen LogP contribution in [0, 0.1) is 6.92 Å². The molecule has 1 saturated heterocycles. The van der Waals surface area contributed by atoms with E-state index in [4.69, 9.17) is 14.5 Å². The van der Waals surface area contributed by atoms with Crippen LogP contribution in [0.3, 0.4) is 0 Å². The zero-order valence-electron chi connectivity index (χ0n) is 18.1. The second-order valence-corrected chi connectivity index (χ2v) is 8.46. The van der Waals surface area contributed by atoms with Crippen LogP contribution in [-0.4, -0.2) is 60.3 Å². The van der Waals surface area contributed by atoms with Crippen molar-refractivity contribution < 1.29 is 19.1 Å². The highest BCUT2D eigenvalue weighted by Crippen LogP contribution is 2.46. The van der Waals surface area contributed by atoms with Gasteiger partial charge in [-0.25, -0.2) is 9.79 Å². The number of carbonyl (C=O) groups is 2. The molecular formula is C23H27N3O4S. The maximum absolute atomic E-state index is 13.0. The summed E-state index contributed by atoms with van der Waals surface area (Å²) < 4.78 is 10.5. The van der Waals surface area contributed by atoms with E-state index in [1.54, 1.807) is 0 Å². The van der Waals surface area contributed by atoms with E-state index in [0.717, 1.165) is 27.7 Å². The van der Waals surface area contributed by atoms with E-state index in [-0.39, 0.29) is 24.3 Å². The molecule has 0 aromatic heterocycles. The van der Waals surface area contributed by atoms with Gasteiger partial charge in [-0.15, -0.1) is 0 Å². The fourth-order valence-electron chi connectivity index (χ4n) is 4.18. The predicted molar refractivity (Wildman–Crippen MR) is 120 cm³/mol. The van der Waals surface area contributed by atoms with E-state index < -0.39 is 0 Å². The van der Waals surface area contributed by atoms with Gasteiger partial charge in [0.1, 0.15) is 0 Å². The molecule has 4 rings (SSSR count). The van der Waals surface area contributed by atoms with Crippen molar-refractivity contribution in [3.05, 3.63) is 57.8 Å². The zero-order valence-corrected chi connectivity index (χ0v) is 18.9. The van der Waals surface area contributed by atoms with Crippen LogP contribution in [0.2, 0.25) is 0 Å². The zero-order chi connectivity index (χ0) is 22.0. The molecule has 0 aliphatic carbocycles. The van der Waals surface area contributed by atoms with Crippen LogP contribution in [0.1, 0.15) is 36.9 Å². The number of hydrogen-bond donors (Lipinski definition) is 0. The predicted octanol–water partition coefficient (Wildman–Crippen LogP) is 3.38. The Labute approximate surface area is 186 Å². The second-order valence-electron chi connectivity index (χ2n) is 7.63. The Morgan fingerprint density at radius 1 is 1.26 bits per heavy atom. The van der Waals surface area contributed by atoms with Gasteiger partial charge >= 0.3 is 5.97 Å². The van der Waals surface area contributed by atoms with Gasteiger partial charge < -0.3 is 19.3 Å². The van der Waals surface area contributed by atoms with E-state index >= 15 is 0 Å². The number of amides is 1. The number of nitrogens with zero attached hydrogens (tertiary/aromatic N) is 3. The van der Waals surface area contributed by atoms with Crippen molar-refractivity contribution in [2.45, 2.75) is 32.7 Å². The first kappa shape index (κ1) is 21.6. The van der Waals surface area contributed by atoms with Crippen molar-refractivity contribution in [2.75, 3.05) is 33.4 Å². The summed E-state index contributed by atoms with van der Waals surface area (Å²) in [5, 5.41) is 2.78. The summed E-state index contributed by atoms with van der Waals surface area (Å²) in [4.78, 5) is 34.5. The van der Waals surface area contributed by atoms with Gasteiger partial charge in [0.15, 0.2) is 5.17 Å². The number of ether oxygens (including phenoxy) is 2. The largest absolute Gasteiger partial charge is 0.466 e. The maximum Gasteiger partial charge on any atom is 0.338 e. The molecule has 0 radical (unpaired) electrons. The number of fused-ring (bicyclic) bond motifs is 1. The number of morpholine rings is 1. The molecule has 164 valence electrons. The minimum absolute atomic E-state index is 0.0600. The number of aliphatic imine (C=N–C) groups is 1. The Morgan fingerprint density at radius 2 is 2.00 bits per heavy atom. The molecule has 1 fully saturated rings. The minimum Gasteiger partial charge on any atom is -0.466 e. The van der Waals surface area contributed by atoms with Gasteiger partial charge in [-0.2, -0.15) is 0 Å². The Morgan fingerprint density at radius 3 is 2.68 bits per heavy atom. The topological polar surface area (TPSA) is 71.4 Å². The highest BCUT2D eigenvalue weighted by atomic mass is 32.2. The van der Waals surface area contributed by atoms with Crippen LogP contribution >= 0.6 is 11.8 Å². The minimum atomic E-state index is -0.386. The van der Waals surface area contributed by atoms with Crippen molar-refractivity contribution in [3.8, 4) is 0 Å². The van der Waals surface area contributed by atoms with Gasteiger partial charge in [-0.05, 0) is 29.9 Å². The lowest BCUT2D eigenvalue weighted by atomic mass is 9.90. The van der Waals surface area contributed by atoms with Crippen LogP contribution < -0.4 is 0 Å². The van der Waals surface area contributed by atoms with Crippen molar-refractivity contribution >= 4 is 28.8 Å². The second kappa shape index (κ2) is 9.28. The number of benzene rings is 1. The monoisotopic (exact) mass is 441 g/mol. The average Bonchev–Trinajstić information content (AvgIpc) is 3.20. The number of carbonyl (C=O) groups excluding carboxylic acids is 2. The number of hydrogen-bond acceptors (Lipinski definition) is 7. The standard InChI is InChI=1S/C23H27N3O4S/c1-4-18-20(22(28)29-3)21(17-8-6-5-7-15(17)2)26-16(14-31-23(26)24-18)13-19(27)25-9-11-30-12-10-25/h5-8,14,21H,4,9-13H2,1-3H3/t21-/m0/s1. The first-order valence-corrected chi connectivity index (χ1v) is 11.4. The molecule has 0 bridgehead atoms. The molecular weight excluding hydrogens is 414 g/mol. The lowest BCUT2D eigenvalue weighted by Gasteiger charge is -2.37. The van der Waals surface area contributed by atoms with Gasteiger partial charge in [0, 0.05) is 18.8 Å². The van der Waals surface area contributed by atoms with E-state index in [9.17, 15) is 9.59 Å². The number of aryl methyl sites for hydroxylation is 1. The third kappa shape index (κ3) is 4.14. The molecule has 1 amide bonds. The van der Waals surface area contributed by atoms with Crippen LogP contribution in [0.4, 0.5) is 0 Å². The number of amidine groups is 1. The molecule has 31 heavy (non-hydrogen) atoms. The van der Waals surface area contributed by atoms with E-state index in [0.29, 0.717) is 38.3 Å². The summed E-state index contributed by atoms with van der Waals surface area (Å²) in [6.45, 7) is 6.37. The van der Waals surface area contributed by atoms with Crippen LogP contribution in [0.25, 0.3) is 0 Å². The Bertz CT molecular complexity index is 979. The third-order valence-electron chi connectivity index (χ3n) is 5.81. The summed E-state index contributed by atoms with van der Waals surface area (Å²) in [5.41, 5.74) is 4.20. The number of allylic oxidation sites excluding steroid dienone is 1. The van der Waals surface area contributed by atoms with Crippen LogP contribution in [0.5, 0.6) is 0 Å². The molecule has 0 spiro atoms. The van der Waals surface area contributed by atoms with E-state index in [2.05, 4.69) is 0 Å². The molecule has 3 heterocycles. The Hall–Kier alpha value is -2.58. The first-order chi connectivity index (χ1) is 15.0. The third-order valence-corrected chi connectivity index (χ3v) is 6.70. The molecule has 0 N–H and O–H groups in total. The van der Waals surface area contributed by atoms with Crippen molar-refractivity contribution in [3.63, 3.8) is 0 Å². The summed E-state index contributed by atoms with van der Waals surface area (Å²) in [6, 6.07) is 7.64. The molecule has 7 nitrogen and oxygen atoms in total. The Kier molecular flexibility index (Phi) is 6.48.